The van der Waals surface area contributed by atoms with Crippen molar-refractivity contribution in [2.75, 3.05) is 37.6 Å². The van der Waals surface area contributed by atoms with E-state index in [4.69, 9.17) is 22.3 Å². The number of sulfonamides is 1. The number of fused-ring (bicyclic) bond motifs is 1. The van der Waals surface area contributed by atoms with Gasteiger partial charge in [-0.1, -0.05) is 25.5 Å². The Morgan fingerprint density at radius 2 is 1.39 bits per heavy atom. The maximum Gasteiger partial charge on any atom is 0.270 e. The number of unbranched alkanes of at least 4 members (excludes halogenated alkanes) is 2. The number of H-pyrrole nitrogens is 2. The standard InChI is InChI=1S/C14H20N4O2.C8H12N2O2S.C4H11N/c1-2-18(8-4-3-7-15)10-5-6-11-12(9-10)14(20)17-16-13(11)19;9-6-5-7-1-3-8(4-2-7)13(10,11)12;1-2-3-4-5/h5-6,9H,2-4,7-8,15H2,1H3,(H,16,19)(H,17,20);1-4H,5-6,9H2,(H2,10,11,12);2-5H2,1H3. The van der Waals surface area contributed by atoms with Crippen LogP contribution >= 0.6 is 0 Å². The predicted molar refractivity (Wildman–Crippen MR) is 156 cm³/mol. The largest absolute Gasteiger partial charge is 0.372 e. The van der Waals surface area contributed by atoms with E-state index in [9.17, 15) is 18.0 Å². The number of anilines is 1. The number of nitrogens with zero attached hydrogens (tertiary/aromatic N) is 1. The number of aromatic amines is 2. The van der Waals surface area contributed by atoms with Crippen LogP contribution < -0.4 is 38.4 Å². The van der Waals surface area contributed by atoms with Gasteiger partial charge >= 0.3 is 0 Å². The number of primary sulfonamides is 1. The first-order valence-corrected chi connectivity index (χ1v) is 14.4. The smallest absolute Gasteiger partial charge is 0.270 e. The number of nitrogens with one attached hydrogen (secondary N) is 2. The molecule has 0 fully saturated rings. The van der Waals surface area contributed by atoms with Gasteiger partial charge in [-0.25, -0.2) is 13.6 Å². The highest BCUT2D eigenvalue weighted by Crippen LogP contribution is 2.18. The van der Waals surface area contributed by atoms with E-state index in [-0.39, 0.29) is 16.0 Å². The molecule has 0 aliphatic rings. The van der Waals surface area contributed by atoms with E-state index in [1.54, 1.807) is 24.3 Å². The van der Waals surface area contributed by atoms with Gasteiger partial charge in [0.1, 0.15) is 0 Å². The quantitative estimate of drug-likeness (QED) is 0.192. The van der Waals surface area contributed by atoms with Crippen molar-refractivity contribution in [2.45, 2.75) is 50.8 Å². The normalized spacial score (nSPS) is 10.8. The molecule has 12 heteroatoms. The number of nitrogens with two attached hydrogens (primary N) is 4. The molecule has 2 aromatic carbocycles. The molecule has 3 aromatic rings. The van der Waals surface area contributed by atoms with Gasteiger partial charge in [-0.3, -0.25) is 19.8 Å². The zero-order valence-corrected chi connectivity index (χ0v) is 23.2. The summed E-state index contributed by atoms with van der Waals surface area (Å²) in [6, 6.07) is 11.8. The Hall–Kier alpha value is -3.03. The highest BCUT2D eigenvalue weighted by atomic mass is 32.2. The highest BCUT2D eigenvalue weighted by Gasteiger charge is 2.09. The van der Waals surface area contributed by atoms with Crippen molar-refractivity contribution >= 4 is 26.5 Å². The number of rotatable bonds is 11. The van der Waals surface area contributed by atoms with Gasteiger partial charge in [0.15, 0.2) is 0 Å². The van der Waals surface area contributed by atoms with Gasteiger partial charge < -0.3 is 22.1 Å². The van der Waals surface area contributed by atoms with E-state index < -0.39 is 10.0 Å². The van der Waals surface area contributed by atoms with Crippen LogP contribution in [0.3, 0.4) is 0 Å². The van der Waals surface area contributed by atoms with E-state index in [0.29, 0.717) is 23.9 Å². The molecule has 0 saturated heterocycles. The Labute approximate surface area is 224 Å². The van der Waals surface area contributed by atoms with Crippen LogP contribution in [0.5, 0.6) is 0 Å². The minimum Gasteiger partial charge on any atom is -0.372 e. The second-order valence-corrected chi connectivity index (χ2v) is 10.1. The molecule has 1 aromatic heterocycles. The van der Waals surface area contributed by atoms with Crippen molar-refractivity contribution in [3.8, 4) is 0 Å². The first-order valence-electron chi connectivity index (χ1n) is 12.8. The molecule has 0 spiro atoms. The molecule has 1 heterocycles. The third-order valence-electron chi connectivity index (χ3n) is 5.65. The molecule has 0 atom stereocenters. The molecule has 212 valence electrons. The zero-order chi connectivity index (χ0) is 28.6. The van der Waals surface area contributed by atoms with Gasteiger partial charge in [-0.05, 0) is 88.1 Å². The Balaban J connectivity index is 0.000000343. The lowest BCUT2D eigenvalue weighted by molar-refractivity contribution is 0.598. The molecule has 10 N–H and O–H groups in total. The second-order valence-electron chi connectivity index (χ2n) is 8.58. The summed E-state index contributed by atoms with van der Waals surface area (Å²) in [4.78, 5) is 25.7. The van der Waals surface area contributed by atoms with E-state index in [1.165, 1.54) is 25.0 Å². The van der Waals surface area contributed by atoms with E-state index in [0.717, 1.165) is 50.1 Å². The number of hydrogen-bond donors (Lipinski definition) is 6. The lowest BCUT2D eigenvalue weighted by Gasteiger charge is -2.23. The predicted octanol–water partition coefficient (Wildman–Crippen LogP) is 1.36. The average Bonchev–Trinajstić information content (AvgIpc) is 2.90. The van der Waals surface area contributed by atoms with Crippen LogP contribution in [0.25, 0.3) is 10.8 Å². The van der Waals surface area contributed by atoms with Crippen LogP contribution in [0, 0.1) is 0 Å². The van der Waals surface area contributed by atoms with Crippen molar-refractivity contribution < 1.29 is 8.42 Å². The summed E-state index contributed by atoms with van der Waals surface area (Å²) in [7, 11) is -3.57. The summed E-state index contributed by atoms with van der Waals surface area (Å²) in [6.07, 6.45) is 5.11. The van der Waals surface area contributed by atoms with Crippen LogP contribution in [0.1, 0.15) is 45.1 Å². The minimum absolute atomic E-state index is 0.133. The average molecular weight is 550 g/mol. The fourth-order valence-corrected chi connectivity index (χ4v) is 4.01. The molecule has 0 amide bonds. The van der Waals surface area contributed by atoms with Gasteiger partial charge in [-0.2, -0.15) is 0 Å². The lowest BCUT2D eigenvalue weighted by Crippen LogP contribution is -2.25. The first-order chi connectivity index (χ1) is 18.1. The van der Waals surface area contributed by atoms with Crippen LogP contribution in [-0.4, -0.2) is 51.3 Å². The molecular formula is C26H43N7O4S. The van der Waals surface area contributed by atoms with E-state index in [2.05, 4.69) is 28.9 Å². The second kappa shape index (κ2) is 17.5. The van der Waals surface area contributed by atoms with Crippen molar-refractivity contribution in [2.24, 2.45) is 22.3 Å². The molecule has 0 radical (unpaired) electrons. The van der Waals surface area contributed by atoms with Gasteiger partial charge in [0.25, 0.3) is 11.1 Å². The Bertz CT molecular complexity index is 1300. The molecule has 38 heavy (non-hydrogen) atoms. The molecule has 3 rings (SSSR count). The van der Waals surface area contributed by atoms with Crippen molar-refractivity contribution in [1.82, 2.24) is 10.2 Å². The number of aromatic nitrogens is 2. The summed E-state index contributed by atoms with van der Waals surface area (Å²) in [5, 5.41) is 10.4. The van der Waals surface area contributed by atoms with Crippen LogP contribution in [-0.2, 0) is 16.4 Å². The highest BCUT2D eigenvalue weighted by molar-refractivity contribution is 7.89. The van der Waals surface area contributed by atoms with Crippen molar-refractivity contribution in [3.05, 3.63) is 68.7 Å². The summed E-state index contributed by atoms with van der Waals surface area (Å²) >= 11 is 0. The summed E-state index contributed by atoms with van der Waals surface area (Å²) in [6.45, 7) is 8.01. The van der Waals surface area contributed by atoms with Crippen molar-refractivity contribution in [3.63, 3.8) is 0 Å². The molecule has 0 bridgehead atoms. The number of hydrogen-bond acceptors (Lipinski definition) is 8. The Morgan fingerprint density at radius 3 is 1.87 bits per heavy atom. The Kier molecular flexibility index (Phi) is 15.2. The van der Waals surface area contributed by atoms with E-state index >= 15 is 0 Å². The topological polar surface area (TPSA) is 207 Å². The third kappa shape index (κ3) is 11.2. The Morgan fingerprint density at radius 1 is 0.789 bits per heavy atom. The molecule has 11 nitrogen and oxygen atoms in total. The monoisotopic (exact) mass is 549 g/mol. The molecule has 0 unspecified atom stereocenters. The van der Waals surface area contributed by atoms with Gasteiger partial charge in [0, 0.05) is 18.8 Å². The van der Waals surface area contributed by atoms with Gasteiger partial charge in [-0.15, -0.1) is 0 Å². The molecule has 0 aliphatic heterocycles. The summed E-state index contributed by atoms with van der Waals surface area (Å²) < 4.78 is 21.7. The minimum atomic E-state index is -3.57. The van der Waals surface area contributed by atoms with Crippen LogP contribution in [0.2, 0.25) is 0 Å². The lowest BCUT2D eigenvalue weighted by atomic mass is 10.1. The van der Waals surface area contributed by atoms with Crippen LogP contribution in [0.15, 0.2) is 56.9 Å². The van der Waals surface area contributed by atoms with E-state index in [1.807, 2.05) is 6.07 Å². The maximum absolute atomic E-state index is 11.8. The SMILES string of the molecule is CCCCN.CCN(CCCCN)c1ccc2c(=O)[nH][nH]c(=O)c2c1.NCCc1ccc(S(N)(=O)=O)cc1. The molecule has 0 saturated carbocycles. The summed E-state index contributed by atoms with van der Waals surface area (Å²) in [5.74, 6) is 0. The van der Waals surface area contributed by atoms with Gasteiger partial charge in [0.2, 0.25) is 10.0 Å². The fourth-order valence-electron chi connectivity index (χ4n) is 3.50. The zero-order valence-electron chi connectivity index (χ0n) is 22.4. The summed E-state index contributed by atoms with van der Waals surface area (Å²) in [5.41, 5.74) is 17.4. The van der Waals surface area contributed by atoms with Crippen LogP contribution in [0.4, 0.5) is 5.69 Å². The molecular weight excluding hydrogens is 506 g/mol. The maximum atomic E-state index is 11.8. The van der Waals surface area contributed by atoms with Gasteiger partial charge in [0.05, 0.1) is 15.7 Å². The van der Waals surface area contributed by atoms with Crippen molar-refractivity contribution in [1.29, 1.82) is 0 Å². The molecule has 0 aliphatic carbocycles. The third-order valence-corrected chi connectivity index (χ3v) is 6.58. The fraction of sp³-hybridized carbons (Fsp3) is 0.462. The first kappa shape index (κ1) is 33.0. The number of benzene rings is 2.